The maximum absolute atomic E-state index is 4.65. The molecule has 0 unspecified atom stereocenters. The van der Waals surface area contributed by atoms with Crippen LogP contribution in [0.1, 0.15) is 18.4 Å². The molecule has 2 aromatic rings. The predicted octanol–water partition coefficient (Wildman–Crippen LogP) is 3.25. The molecule has 1 aliphatic rings. The molecule has 3 heteroatoms. The maximum atomic E-state index is 4.65. The minimum Gasteiger partial charge on any atom is -0.319 e. The number of hydrogen-bond donors (Lipinski definition) is 1. The highest BCUT2D eigenvalue weighted by atomic mass is 79.9. The lowest BCUT2D eigenvalue weighted by atomic mass is 9.96. The molecule has 0 radical (unpaired) electrons. The highest BCUT2D eigenvalue weighted by molar-refractivity contribution is 9.10. The van der Waals surface area contributed by atoms with Crippen LogP contribution in [0, 0.1) is 0 Å². The smallest absolute Gasteiger partial charge is 0.110 e. The van der Waals surface area contributed by atoms with E-state index >= 15 is 0 Å². The Labute approximate surface area is 110 Å². The third kappa shape index (κ3) is 1.87. The molecule has 1 N–H and O–H groups in total. The Balaban J connectivity index is 2.14. The summed E-state index contributed by atoms with van der Waals surface area (Å²) in [4.78, 5) is 4.65. The summed E-state index contributed by atoms with van der Waals surface area (Å²) in [6.07, 6.45) is 2.51. The van der Waals surface area contributed by atoms with Crippen molar-refractivity contribution in [2.45, 2.75) is 18.3 Å². The highest BCUT2D eigenvalue weighted by Crippen LogP contribution is 2.50. The van der Waals surface area contributed by atoms with Crippen LogP contribution in [0.25, 0.3) is 10.9 Å². The summed E-state index contributed by atoms with van der Waals surface area (Å²) in [5.41, 5.74) is 2.72. The number of pyridine rings is 1. The maximum Gasteiger partial charge on any atom is 0.110 e. The normalized spacial score (nSPS) is 17.3. The number of likely N-dealkylation sites (N-methyl/N-ethyl adjacent to an activating group) is 1. The molecule has 1 aromatic carbocycles. The molecule has 3 rings (SSSR count). The van der Waals surface area contributed by atoms with Gasteiger partial charge in [0.15, 0.2) is 0 Å². The van der Waals surface area contributed by atoms with Gasteiger partial charge >= 0.3 is 0 Å². The van der Waals surface area contributed by atoms with Gasteiger partial charge in [-0.15, -0.1) is 0 Å². The predicted molar refractivity (Wildman–Crippen MR) is 74.3 cm³/mol. The zero-order valence-corrected chi connectivity index (χ0v) is 11.4. The van der Waals surface area contributed by atoms with E-state index in [1.165, 1.54) is 23.8 Å². The van der Waals surface area contributed by atoms with Gasteiger partial charge in [-0.3, -0.25) is 0 Å². The SMILES string of the molecule is CNCC1(c2cc3ccccc3nc2Br)CC1. The fraction of sp³-hybridized carbons (Fsp3) is 0.357. The Morgan fingerprint density at radius 1 is 1.35 bits per heavy atom. The van der Waals surface area contributed by atoms with Crippen molar-refractivity contribution in [3.05, 3.63) is 40.5 Å². The molecule has 1 saturated carbocycles. The van der Waals surface area contributed by atoms with Crippen molar-refractivity contribution in [1.82, 2.24) is 10.3 Å². The third-order valence-corrected chi connectivity index (χ3v) is 4.22. The van der Waals surface area contributed by atoms with E-state index in [1.807, 2.05) is 13.1 Å². The molecule has 0 amide bonds. The Morgan fingerprint density at radius 3 is 2.82 bits per heavy atom. The van der Waals surface area contributed by atoms with E-state index in [-0.39, 0.29) is 0 Å². The molecule has 1 heterocycles. The van der Waals surface area contributed by atoms with Crippen molar-refractivity contribution in [1.29, 1.82) is 0 Å². The number of nitrogens with zero attached hydrogens (tertiary/aromatic N) is 1. The lowest BCUT2D eigenvalue weighted by Gasteiger charge is -2.17. The summed E-state index contributed by atoms with van der Waals surface area (Å²) in [5, 5.41) is 4.53. The minimum atomic E-state index is 0.310. The van der Waals surface area contributed by atoms with Crippen LogP contribution in [0.3, 0.4) is 0 Å². The topological polar surface area (TPSA) is 24.9 Å². The largest absolute Gasteiger partial charge is 0.319 e. The fourth-order valence-corrected chi connectivity index (χ4v) is 3.22. The van der Waals surface area contributed by atoms with E-state index in [0.29, 0.717) is 5.41 Å². The van der Waals surface area contributed by atoms with Gasteiger partial charge in [0.1, 0.15) is 4.60 Å². The van der Waals surface area contributed by atoms with Crippen LogP contribution in [-0.2, 0) is 5.41 Å². The van der Waals surface area contributed by atoms with Gasteiger partial charge in [-0.05, 0) is 53.5 Å². The van der Waals surface area contributed by atoms with E-state index in [1.54, 1.807) is 0 Å². The molecule has 0 spiro atoms. The Morgan fingerprint density at radius 2 is 2.12 bits per heavy atom. The van der Waals surface area contributed by atoms with E-state index in [4.69, 9.17) is 0 Å². The van der Waals surface area contributed by atoms with Crippen molar-refractivity contribution in [3.63, 3.8) is 0 Å². The molecule has 0 atom stereocenters. The second-order valence-corrected chi connectivity index (χ2v) is 5.58. The Hall–Kier alpha value is -0.930. The summed E-state index contributed by atoms with van der Waals surface area (Å²) < 4.78 is 1.00. The molecular weight excluding hydrogens is 276 g/mol. The van der Waals surface area contributed by atoms with Crippen LogP contribution >= 0.6 is 15.9 Å². The van der Waals surface area contributed by atoms with Crippen LogP contribution in [0.15, 0.2) is 34.9 Å². The van der Waals surface area contributed by atoms with Gasteiger partial charge in [0.2, 0.25) is 0 Å². The summed E-state index contributed by atoms with van der Waals surface area (Å²) >= 11 is 3.62. The third-order valence-electron chi connectivity index (χ3n) is 3.62. The molecule has 0 aliphatic heterocycles. The molecule has 1 fully saturated rings. The molecule has 1 aromatic heterocycles. The molecule has 17 heavy (non-hydrogen) atoms. The number of rotatable bonds is 3. The second kappa shape index (κ2) is 4.07. The summed E-state index contributed by atoms with van der Waals surface area (Å²) in [6, 6.07) is 10.6. The van der Waals surface area contributed by atoms with Crippen LogP contribution in [0.2, 0.25) is 0 Å². The zero-order valence-electron chi connectivity index (χ0n) is 9.83. The molecular formula is C14H15BrN2. The summed E-state index contributed by atoms with van der Waals surface area (Å²) in [5.74, 6) is 0. The zero-order chi connectivity index (χ0) is 11.9. The minimum absolute atomic E-state index is 0.310. The molecule has 88 valence electrons. The van der Waals surface area contributed by atoms with Crippen LogP contribution in [0.4, 0.5) is 0 Å². The summed E-state index contributed by atoms with van der Waals surface area (Å²) in [7, 11) is 2.02. The average Bonchev–Trinajstić information content (AvgIpc) is 3.09. The standard InChI is InChI=1S/C14H15BrN2/c1-16-9-14(6-7-14)11-8-10-4-2-3-5-12(10)17-13(11)15/h2-5,8,16H,6-7,9H2,1H3. The number of halogens is 1. The summed E-state index contributed by atoms with van der Waals surface area (Å²) in [6.45, 7) is 1.03. The lowest BCUT2D eigenvalue weighted by Crippen LogP contribution is -2.24. The number of nitrogens with one attached hydrogen (secondary N) is 1. The lowest BCUT2D eigenvalue weighted by molar-refractivity contribution is 0.620. The molecule has 2 nitrogen and oxygen atoms in total. The number of aromatic nitrogens is 1. The van der Waals surface area contributed by atoms with Crippen molar-refractivity contribution >= 4 is 26.8 Å². The quantitative estimate of drug-likeness (QED) is 0.878. The van der Waals surface area contributed by atoms with Crippen LogP contribution in [0.5, 0.6) is 0 Å². The van der Waals surface area contributed by atoms with Gasteiger partial charge in [-0.25, -0.2) is 4.98 Å². The highest BCUT2D eigenvalue weighted by Gasteiger charge is 2.45. The average molecular weight is 291 g/mol. The van der Waals surface area contributed by atoms with Crippen molar-refractivity contribution in [2.24, 2.45) is 0 Å². The van der Waals surface area contributed by atoms with Gasteiger partial charge in [-0.1, -0.05) is 18.2 Å². The van der Waals surface area contributed by atoms with Gasteiger partial charge in [0.25, 0.3) is 0 Å². The van der Waals surface area contributed by atoms with Crippen molar-refractivity contribution < 1.29 is 0 Å². The molecule has 0 saturated heterocycles. The van der Waals surface area contributed by atoms with E-state index in [0.717, 1.165) is 16.7 Å². The van der Waals surface area contributed by atoms with Crippen molar-refractivity contribution in [3.8, 4) is 0 Å². The molecule has 0 bridgehead atoms. The van der Waals surface area contributed by atoms with E-state index < -0.39 is 0 Å². The first-order valence-electron chi connectivity index (χ1n) is 5.96. The number of fused-ring (bicyclic) bond motifs is 1. The van der Waals surface area contributed by atoms with Crippen molar-refractivity contribution in [2.75, 3.05) is 13.6 Å². The first kappa shape index (κ1) is 11.2. The van der Waals surface area contributed by atoms with Gasteiger partial charge in [0, 0.05) is 17.3 Å². The van der Waals surface area contributed by atoms with Gasteiger partial charge in [0.05, 0.1) is 5.52 Å². The van der Waals surface area contributed by atoms with Gasteiger partial charge in [-0.2, -0.15) is 0 Å². The van der Waals surface area contributed by atoms with E-state index in [9.17, 15) is 0 Å². The number of hydrogen-bond acceptors (Lipinski definition) is 2. The second-order valence-electron chi connectivity index (χ2n) is 4.83. The molecule has 1 aliphatic carbocycles. The fourth-order valence-electron chi connectivity index (χ4n) is 2.49. The van der Waals surface area contributed by atoms with Gasteiger partial charge < -0.3 is 5.32 Å². The Kier molecular flexibility index (Phi) is 2.68. The first-order chi connectivity index (χ1) is 8.25. The number of benzene rings is 1. The monoisotopic (exact) mass is 290 g/mol. The Bertz CT molecular complexity index is 561. The van der Waals surface area contributed by atoms with Crippen LogP contribution in [-0.4, -0.2) is 18.6 Å². The van der Waals surface area contributed by atoms with Crippen LogP contribution < -0.4 is 5.32 Å². The first-order valence-corrected chi connectivity index (χ1v) is 6.75. The number of para-hydroxylation sites is 1. The van der Waals surface area contributed by atoms with E-state index in [2.05, 4.69) is 50.5 Å².